The topological polar surface area (TPSA) is 88.8 Å². The van der Waals surface area contributed by atoms with Crippen LogP contribution in [0.4, 0.5) is 14.6 Å². The zero-order valence-corrected chi connectivity index (χ0v) is 17.9. The van der Waals surface area contributed by atoms with Crippen LogP contribution < -0.4 is 20.3 Å². The highest BCUT2D eigenvalue weighted by Gasteiger charge is 2.63. The molecule has 1 saturated heterocycles. The van der Waals surface area contributed by atoms with E-state index < -0.39 is 6.29 Å². The summed E-state index contributed by atoms with van der Waals surface area (Å²) in [5.41, 5.74) is 3.97. The lowest BCUT2D eigenvalue weighted by Crippen LogP contribution is -2.26. The Morgan fingerprint density at radius 3 is 2.64 bits per heavy atom. The maximum Gasteiger partial charge on any atom is 0.586 e. The number of H-pyrrole nitrogens is 1. The van der Waals surface area contributed by atoms with Crippen LogP contribution in [0, 0.1) is 13.8 Å². The van der Waals surface area contributed by atoms with E-state index in [0.29, 0.717) is 5.82 Å². The van der Waals surface area contributed by atoms with E-state index in [9.17, 15) is 13.6 Å². The SMILES string of the molecule is Cc1cc(NC2OC2C2(c3ccc4c(c3)OC(F)(F)O4)CC2)nc(-c2c[nH]c(=O)cc2C)c1. The van der Waals surface area contributed by atoms with Gasteiger partial charge in [-0.3, -0.25) is 4.79 Å². The Morgan fingerprint density at radius 2 is 1.88 bits per heavy atom. The zero-order valence-electron chi connectivity index (χ0n) is 17.9. The number of ether oxygens (including phenoxy) is 3. The predicted octanol–water partition coefficient (Wildman–Crippen LogP) is 4.24. The minimum Gasteiger partial charge on any atom is -0.395 e. The number of alkyl halides is 2. The molecule has 0 radical (unpaired) electrons. The van der Waals surface area contributed by atoms with Crippen molar-refractivity contribution >= 4 is 5.82 Å². The number of halogens is 2. The lowest BCUT2D eigenvalue weighted by molar-refractivity contribution is -0.286. The number of aromatic amines is 1. The second-order valence-corrected chi connectivity index (χ2v) is 8.92. The summed E-state index contributed by atoms with van der Waals surface area (Å²) in [6.07, 6.45) is -0.500. The van der Waals surface area contributed by atoms with Gasteiger partial charge in [0.1, 0.15) is 11.9 Å². The van der Waals surface area contributed by atoms with Crippen LogP contribution in [-0.2, 0) is 10.2 Å². The van der Waals surface area contributed by atoms with E-state index in [4.69, 9.17) is 9.72 Å². The quantitative estimate of drug-likeness (QED) is 0.562. The zero-order chi connectivity index (χ0) is 23.0. The van der Waals surface area contributed by atoms with Gasteiger partial charge in [0.15, 0.2) is 17.7 Å². The fraction of sp³-hybridized carbons (Fsp3) is 0.333. The number of hydrogen-bond donors (Lipinski definition) is 2. The molecule has 3 aromatic rings. The van der Waals surface area contributed by atoms with Crippen LogP contribution in [0.3, 0.4) is 0 Å². The maximum atomic E-state index is 13.4. The second-order valence-electron chi connectivity index (χ2n) is 8.92. The highest BCUT2D eigenvalue weighted by atomic mass is 19.3. The minimum absolute atomic E-state index is 0.0416. The molecule has 0 bridgehead atoms. The molecular weight excluding hydrogens is 432 g/mol. The van der Waals surface area contributed by atoms with E-state index in [1.54, 1.807) is 24.4 Å². The summed E-state index contributed by atoms with van der Waals surface area (Å²) in [6, 6.07) is 10.4. The molecule has 7 nitrogen and oxygen atoms in total. The fourth-order valence-electron chi connectivity index (χ4n) is 4.65. The molecule has 1 saturated carbocycles. The van der Waals surface area contributed by atoms with Crippen LogP contribution in [0.15, 0.2) is 47.4 Å². The molecule has 9 heteroatoms. The minimum atomic E-state index is -3.63. The van der Waals surface area contributed by atoms with E-state index in [1.165, 1.54) is 6.07 Å². The highest BCUT2D eigenvalue weighted by molar-refractivity contribution is 5.65. The molecule has 3 aliphatic rings. The first kappa shape index (κ1) is 20.2. The lowest BCUT2D eigenvalue weighted by atomic mass is 9.91. The number of epoxide rings is 1. The summed E-state index contributed by atoms with van der Waals surface area (Å²) in [4.78, 5) is 19.0. The first-order valence-corrected chi connectivity index (χ1v) is 10.7. The first-order valence-electron chi connectivity index (χ1n) is 10.7. The van der Waals surface area contributed by atoms with Crippen LogP contribution in [0.1, 0.15) is 29.5 Å². The van der Waals surface area contributed by atoms with Gasteiger partial charge in [0, 0.05) is 23.2 Å². The molecule has 2 N–H and O–H groups in total. The Bertz CT molecular complexity index is 1340. The molecule has 4 heterocycles. The van der Waals surface area contributed by atoms with Crippen LogP contribution in [0.5, 0.6) is 11.5 Å². The Morgan fingerprint density at radius 1 is 1.09 bits per heavy atom. The number of pyridine rings is 2. The van der Waals surface area contributed by atoms with Crippen molar-refractivity contribution in [3.05, 3.63) is 69.6 Å². The standard InChI is InChI=1S/C24H21F2N3O4/c1-12-7-16(15-11-27-20(30)9-13(15)2)28-19(8-12)29-22-21(31-22)23(5-6-23)14-3-4-17-18(10-14)33-24(25,26)32-17/h3-4,7-11,21-22H,5-6H2,1-2H3,(H,27,30)(H,28,29). The highest BCUT2D eigenvalue weighted by Crippen LogP contribution is 2.59. The van der Waals surface area contributed by atoms with E-state index in [0.717, 1.165) is 40.8 Å². The molecule has 6 rings (SSSR count). The molecule has 33 heavy (non-hydrogen) atoms. The predicted molar refractivity (Wildman–Crippen MR) is 116 cm³/mol. The van der Waals surface area contributed by atoms with E-state index in [-0.39, 0.29) is 34.8 Å². The van der Waals surface area contributed by atoms with Crippen LogP contribution in [0.25, 0.3) is 11.3 Å². The van der Waals surface area contributed by atoms with Gasteiger partial charge in [-0.2, -0.15) is 0 Å². The molecule has 0 spiro atoms. The van der Waals surface area contributed by atoms with Crippen molar-refractivity contribution < 1.29 is 23.0 Å². The summed E-state index contributed by atoms with van der Waals surface area (Å²) in [5.74, 6) is 0.763. The normalized spacial score (nSPS) is 23.3. The number of hydrogen-bond acceptors (Lipinski definition) is 6. The average Bonchev–Trinajstić information content (AvgIpc) is 3.63. The Balaban J connectivity index is 1.22. The Hall–Kier alpha value is -3.46. The fourth-order valence-corrected chi connectivity index (χ4v) is 4.65. The molecule has 1 aliphatic carbocycles. The Kier molecular flexibility index (Phi) is 4.14. The summed E-state index contributed by atoms with van der Waals surface area (Å²) < 4.78 is 41.9. The van der Waals surface area contributed by atoms with Gasteiger partial charge in [0.05, 0.1) is 5.69 Å². The molecule has 170 valence electrons. The first-order chi connectivity index (χ1) is 15.7. The van der Waals surface area contributed by atoms with Gasteiger partial charge in [-0.05, 0) is 67.6 Å². The summed E-state index contributed by atoms with van der Waals surface area (Å²) >= 11 is 0. The van der Waals surface area contributed by atoms with Crippen molar-refractivity contribution in [3.63, 3.8) is 0 Å². The molecular formula is C24H21F2N3O4. The van der Waals surface area contributed by atoms with Gasteiger partial charge in [0.2, 0.25) is 5.56 Å². The third-order valence-corrected chi connectivity index (χ3v) is 6.47. The van der Waals surface area contributed by atoms with Gasteiger partial charge in [-0.25, -0.2) is 4.98 Å². The van der Waals surface area contributed by atoms with Crippen molar-refractivity contribution in [2.75, 3.05) is 5.32 Å². The van der Waals surface area contributed by atoms with Gasteiger partial charge in [-0.15, -0.1) is 8.78 Å². The number of fused-ring (bicyclic) bond motifs is 1. The van der Waals surface area contributed by atoms with Gasteiger partial charge < -0.3 is 24.5 Å². The van der Waals surface area contributed by atoms with Crippen molar-refractivity contribution in [1.82, 2.24) is 9.97 Å². The molecule has 2 atom stereocenters. The lowest BCUT2D eigenvalue weighted by Gasteiger charge is -2.14. The molecule has 2 unspecified atom stereocenters. The molecule has 2 fully saturated rings. The third kappa shape index (κ3) is 3.52. The third-order valence-electron chi connectivity index (χ3n) is 6.47. The number of nitrogens with one attached hydrogen (secondary N) is 2. The molecule has 2 aromatic heterocycles. The number of benzene rings is 1. The monoisotopic (exact) mass is 453 g/mol. The van der Waals surface area contributed by atoms with Crippen molar-refractivity contribution in [2.45, 2.75) is 50.7 Å². The van der Waals surface area contributed by atoms with Crippen LogP contribution >= 0.6 is 0 Å². The number of rotatable bonds is 5. The largest absolute Gasteiger partial charge is 0.586 e. The van der Waals surface area contributed by atoms with Gasteiger partial charge in [-0.1, -0.05) is 6.07 Å². The van der Waals surface area contributed by atoms with E-state index in [1.807, 2.05) is 26.0 Å². The van der Waals surface area contributed by atoms with Crippen LogP contribution in [-0.4, -0.2) is 28.6 Å². The average molecular weight is 453 g/mol. The van der Waals surface area contributed by atoms with Crippen LogP contribution in [0.2, 0.25) is 0 Å². The van der Waals surface area contributed by atoms with E-state index >= 15 is 0 Å². The second kappa shape index (κ2) is 6.77. The summed E-state index contributed by atoms with van der Waals surface area (Å²) in [7, 11) is 0. The number of aryl methyl sites for hydroxylation is 2. The molecule has 0 amide bonds. The van der Waals surface area contributed by atoms with Crippen molar-refractivity contribution in [1.29, 1.82) is 0 Å². The molecule has 1 aromatic carbocycles. The van der Waals surface area contributed by atoms with E-state index in [2.05, 4.69) is 19.8 Å². The van der Waals surface area contributed by atoms with Crippen molar-refractivity contribution in [3.8, 4) is 22.8 Å². The smallest absolute Gasteiger partial charge is 0.395 e. The number of anilines is 1. The Labute approximate surface area is 187 Å². The summed E-state index contributed by atoms with van der Waals surface area (Å²) in [6.45, 7) is 3.85. The number of aromatic nitrogens is 2. The van der Waals surface area contributed by atoms with Gasteiger partial charge in [0.25, 0.3) is 0 Å². The summed E-state index contributed by atoms with van der Waals surface area (Å²) in [5, 5.41) is 3.35. The maximum absolute atomic E-state index is 13.4. The number of nitrogens with zero attached hydrogens (tertiary/aromatic N) is 1. The van der Waals surface area contributed by atoms with Gasteiger partial charge >= 0.3 is 6.29 Å². The molecule has 2 aliphatic heterocycles. The van der Waals surface area contributed by atoms with Crippen molar-refractivity contribution in [2.24, 2.45) is 0 Å².